The fraction of sp³-hybridized carbons (Fsp3) is 0.154. The molecule has 7 heteroatoms. The van der Waals surface area contributed by atoms with Gasteiger partial charge in [0.25, 0.3) is 0 Å². The Hall–Kier alpha value is -2.83. The Morgan fingerprint density at radius 2 is 1.95 bits per heavy atom. The largest absolute Gasteiger partial charge is 0.451 e. The monoisotopic (exact) mass is 271 g/mol. The molecule has 100 valence electrons. The van der Waals surface area contributed by atoms with Gasteiger partial charge in [0, 0.05) is 12.0 Å². The molecule has 0 saturated heterocycles. The third-order valence-corrected chi connectivity index (χ3v) is 3.05. The van der Waals surface area contributed by atoms with Crippen molar-refractivity contribution in [3.8, 4) is 6.01 Å². The minimum Gasteiger partial charge on any atom is -0.451 e. The zero-order chi connectivity index (χ0) is 14.1. The Bertz CT molecular complexity index is 684. The number of nitrogens with zero attached hydrogens (tertiary/aromatic N) is 3. The van der Waals surface area contributed by atoms with Crippen molar-refractivity contribution in [3.05, 3.63) is 57.9 Å². The SMILES string of the molecule is O=C1c2ccccc2CC1Oc1ncc([N+](=O)[O-])cn1. The highest BCUT2D eigenvalue weighted by atomic mass is 16.6. The Balaban J connectivity index is 1.77. The van der Waals surface area contributed by atoms with E-state index in [0.717, 1.165) is 18.0 Å². The van der Waals surface area contributed by atoms with Crippen LogP contribution < -0.4 is 4.74 Å². The van der Waals surface area contributed by atoms with Gasteiger partial charge in [0.05, 0.1) is 4.92 Å². The number of aromatic nitrogens is 2. The summed E-state index contributed by atoms with van der Waals surface area (Å²) in [6.07, 6.45) is 1.88. The van der Waals surface area contributed by atoms with Crippen molar-refractivity contribution >= 4 is 11.5 Å². The Morgan fingerprint density at radius 1 is 1.25 bits per heavy atom. The highest BCUT2D eigenvalue weighted by Gasteiger charge is 2.32. The van der Waals surface area contributed by atoms with E-state index >= 15 is 0 Å². The topological polar surface area (TPSA) is 95.2 Å². The minimum absolute atomic E-state index is 0.0400. The standard InChI is InChI=1S/C13H9N3O4/c17-12-10-4-2-1-3-8(10)5-11(12)20-13-14-6-9(7-15-13)16(18)19/h1-4,6-7,11H,5H2. The van der Waals surface area contributed by atoms with Gasteiger partial charge in [0.15, 0.2) is 6.10 Å². The smallest absolute Gasteiger partial charge is 0.317 e. The Morgan fingerprint density at radius 3 is 2.60 bits per heavy atom. The predicted molar refractivity (Wildman–Crippen MR) is 67.6 cm³/mol. The van der Waals surface area contributed by atoms with Crippen molar-refractivity contribution in [2.45, 2.75) is 12.5 Å². The first-order valence-electron chi connectivity index (χ1n) is 5.90. The second-order valence-corrected chi connectivity index (χ2v) is 4.31. The minimum atomic E-state index is -0.672. The number of benzene rings is 1. The molecule has 20 heavy (non-hydrogen) atoms. The van der Waals surface area contributed by atoms with Gasteiger partial charge < -0.3 is 4.74 Å². The predicted octanol–water partition coefficient (Wildman–Crippen LogP) is 1.57. The molecule has 1 aliphatic rings. The van der Waals surface area contributed by atoms with Gasteiger partial charge in [-0.2, -0.15) is 9.97 Å². The summed E-state index contributed by atoms with van der Waals surface area (Å²) in [5.41, 5.74) is 1.34. The summed E-state index contributed by atoms with van der Waals surface area (Å²) in [5, 5.41) is 10.5. The normalized spacial score (nSPS) is 16.8. The molecule has 0 fully saturated rings. The van der Waals surface area contributed by atoms with Crippen LogP contribution in [-0.2, 0) is 6.42 Å². The van der Waals surface area contributed by atoms with E-state index in [4.69, 9.17) is 4.74 Å². The number of carbonyl (C=O) groups excluding carboxylic acids is 1. The molecule has 1 atom stereocenters. The number of nitro groups is 1. The number of fused-ring (bicyclic) bond motifs is 1. The molecule has 1 heterocycles. The zero-order valence-corrected chi connectivity index (χ0v) is 10.2. The van der Waals surface area contributed by atoms with Crippen molar-refractivity contribution in [2.24, 2.45) is 0 Å². The summed E-state index contributed by atoms with van der Waals surface area (Å²) >= 11 is 0. The molecule has 0 radical (unpaired) electrons. The van der Waals surface area contributed by atoms with Crippen LogP contribution in [0.15, 0.2) is 36.7 Å². The average molecular weight is 271 g/mol. The fourth-order valence-electron chi connectivity index (χ4n) is 2.09. The van der Waals surface area contributed by atoms with Crippen LogP contribution in [-0.4, -0.2) is 26.8 Å². The van der Waals surface area contributed by atoms with Crippen LogP contribution in [0.25, 0.3) is 0 Å². The lowest BCUT2D eigenvalue weighted by Crippen LogP contribution is -2.24. The lowest BCUT2D eigenvalue weighted by atomic mass is 10.1. The van der Waals surface area contributed by atoms with E-state index < -0.39 is 11.0 Å². The fourth-order valence-corrected chi connectivity index (χ4v) is 2.09. The molecule has 0 amide bonds. The van der Waals surface area contributed by atoms with Gasteiger partial charge in [-0.1, -0.05) is 24.3 Å². The lowest BCUT2D eigenvalue weighted by Gasteiger charge is -2.09. The van der Waals surface area contributed by atoms with Crippen LogP contribution in [0.5, 0.6) is 6.01 Å². The summed E-state index contributed by atoms with van der Waals surface area (Å²) in [4.78, 5) is 29.4. The number of ketones is 1. The van der Waals surface area contributed by atoms with Crippen LogP contribution in [0.3, 0.4) is 0 Å². The molecule has 0 saturated carbocycles. The van der Waals surface area contributed by atoms with E-state index in [9.17, 15) is 14.9 Å². The third-order valence-electron chi connectivity index (χ3n) is 3.05. The Kier molecular flexibility index (Phi) is 2.86. The number of rotatable bonds is 3. The van der Waals surface area contributed by atoms with E-state index in [1.807, 2.05) is 12.1 Å². The summed E-state index contributed by atoms with van der Waals surface area (Å²) < 4.78 is 5.41. The van der Waals surface area contributed by atoms with Gasteiger partial charge in [-0.05, 0) is 5.56 Å². The molecule has 0 bridgehead atoms. The first-order chi connectivity index (χ1) is 9.65. The molecule has 2 aromatic rings. The summed E-state index contributed by atoms with van der Waals surface area (Å²) in [7, 11) is 0. The second-order valence-electron chi connectivity index (χ2n) is 4.31. The van der Waals surface area contributed by atoms with Gasteiger partial charge in [-0.3, -0.25) is 14.9 Å². The molecule has 1 aliphatic carbocycles. The van der Waals surface area contributed by atoms with Gasteiger partial charge in [0.1, 0.15) is 12.4 Å². The first kappa shape index (κ1) is 12.2. The molecule has 1 aromatic carbocycles. The zero-order valence-electron chi connectivity index (χ0n) is 10.2. The molecular weight excluding hydrogens is 262 g/mol. The van der Waals surface area contributed by atoms with E-state index in [1.165, 1.54) is 0 Å². The molecule has 3 rings (SSSR count). The van der Waals surface area contributed by atoms with Crippen LogP contribution in [0.1, 0.15) is 15.9 Å². The summed E-state index contributed by atoms with van der Waals surface area (Å²) in [6, 6.07) is 7.23. The third kappa shape index (κ3) is 2.09. The first-order valence-corrected chi connectivity index (χ1v) is 5.90. The van der Waals surface area contributed by atoms with Gasteiger partial charge in [0.2, 0.25) is 5.78 Å². The number of hydrogen-bond donors (Lipinski definition) is 0. The van der Waals surface area contributed by atoms with Crippen molar-refractivity contribution in [1.29, 1.82) is 0 Å². The molecule has 1 unspecified atom stereocenters. The highest BCUT2D eigenvalue weighted by Crippen LogP contribution is 2.24. The summed E-state index contributed by atoms with van der Waals surface area (Å²) in [6.45, 7) is 0. The molecule has 0 N–H and O–H groups in total. The van der Waals surface area contributed by atoms with Crippen LogP contribution in [0.4, 0.5) is 5.69 Å². The van der Waals surface area contributed by atoms with E-state index in [0.29, 0.717) is 12.0 Å². The highest BCUT2D eigenvalue weighted by molar-refractivity contribution is 6.04. The number of hydrogen-bond acceptors (Lipinski definition) is 6. The Labute approximate surface area is 113 Å². The van der Waals surface area contributed by atoms with Crippen molar-refractivity contribution in [2.75, 3.05) is 0 Å². The molecular formula is C13H9N3O4. The van der Waals surface area contributed by atoms with Crippen molar-refractivity contribution in [1.82, 2.24) is 9.97 Å². The number of Topliss-reactive ketones (excluding diaryl/α,β-unsaturated/α-hetero) is 1. The second kappa shape index (κ2) is 4.69. The van der Waals surface area contributed by atoms with E-state index in [2.05, 4.69) is 9.97 Å². The van der Waals surface area contributed by atoms with Crippen LogP contribution >= 0.6 is 0 Å². The maximum atomic E-state index is 12.1. The van der Waals surface area contributed by atoms with E-state index in [1.54, 1.807) is 12.1 Å². The van der Waals surface area contributed by atoms with Gasteiger partial charge in [-0.25, -0.2) is 0 Å². The average Bonchev–Trinajstić information content (AvgIpc) is 2.77. The maximum Gasteiger partial charge on any atom is 0.317 e. The van der Waals surface area contributed by atoms with Gasteiger partial charge >= 0.3 is 11.7 Å². The lowest BCUT2D eigenvalue weighted by molar-refractivity contribution is -0.385. The quantitative estimate of drug-likeness (QED) is 0.621. The van der Waals surface area contributed by atoms with E-state index in [-0.39, 0.29) is 17.5 Å². The number of carbonyl (C=O) groups is 1. The molecule has 0 spiro atoms. The molecule has 7 nitrogen and oxygen atoms in total. The maximum absolute atomic E-state index is 12.1. The summed E-state index contributed by atoms with van der Waals surface area (Å²) in [5.74, 6) is -0.123. The van der Waals surface area contributed by atoms with Crippen molar-refractivity contribution in [3.63, 3.8) is 0 Å². The van der Waals surface area contributed by atoms with Gasteiger partial charge in [-0.15, -0.1) is 0 Å². The molecule has 0 aliphatic heterocycles. The molecule has 1 aromatic heterocycles. The number of ether oxygens (including phenoxy) is 1. The van der Waals surface area contributed by atoms with Crippen molar-refractivity contribution < 1.29 is 14.5 Å². The van der Waals surface area contributed by atoms with Crippen LogP contribution in [0.2, 0.25) is 0 Å². The van der Waals surface area contributed by atoms with Crippen LogP contribution in [0, 0.1) is 10.1 Å².